The predicted molar refractivity (Wildman–Crippen MR) is 106 cm³/mol. The number of rotatable bonds is 3. The van der Waals surface area contributed by atoms with Crippen molar-refractivity contribution in [3.8, 4) is 0 Å². The molecule has 2 amide bonds. The van der Waals surface area contributed by atoms with E-state index in [1.807, 2.05) is 24.3 Å². The monoisotopic (exact) mass is 375 g/mol. The van der Waals surface area contributed by atoms with Crippen molar-refractivity contribution < 1.29 is 9.59 Å². The molecule has 3 rings (SSSR count). The Balaban J connectivity index is 1.66. The van der Waals surface area contributed by atoms with Crippen LogP contribution in [-0.4, -0.2) is 53.5 Å². The number of amides is 2. The molecular weight excluding hydrogens is 346 g/mol. The zero-order valence-corrected chi connectivity index (χ0v) is 16.7. The molecule has 2 heterocycles. The van der Waals surface area contributed by atoms with E-state index in [2.05, 4.69) is 31.4 Å². The SMILES string of the molecule is CC(C)(C)c1ccc(C(=O)N2CSCC2C(=O)N[C@H]2CCCNC2)cc1. The summed E-state index contributed by atoms with van der Waals surface area (Å²) in [6.45, 7) is 8.29. The van der Waals surface area contributed by atoms with Crippen LogP contribution in [0.5, 0.6) is 0 Å². The molecule has 0 aliphatic carbocycles. The first kappa shape index (κ1) is 19.2. The molecule has 2 atom stereocenters. The Hall–Kier alpha value is -1.53. The van der Waals surface area contributed by atoms with E-state index in [0.29, 0.717) is 17.2 Å². The normalized spacial score (nSPS) is 23.7. The summed E-state index contributed by atoms with van der Waals surface area (Å²) < 4.78 is 0. The smallest absolute Gasteiger partial charge is 0.255 e. The minimum absolute atomic E-state index is 0.0247. The van der Waals surface area contributed by atoms with E-state index < -0.39 is 0 Å². The first-order chi connectivity index (χ1) is 12.4. The maximum absolute atomic E-state index is 12.9. The van der Waals surface area contributed by atoms with Crippen LogP contribution >= 0.6 is 11.8 Å². The third-order valence-electron chi connectivity index (χ3n) is 5.09. The molecule has 2 saturated heterocycles. The molecule has 142 valence electrons. The van der Waals surface area contributed by atoms with E-state index >= 15 is 0 Å². The molecule has 2 aliphatic rings. The lowest BCUT2D eigenvalue weighted by Crippen LogP contribution is -2.53. The third kappa shape index (κ3) is 4.41. The van der Waals surface area contributed by atoms with Crippen molar-refractivity contribution in [3.05, 3.63) is 35.4 Å². The largest absolute Gasteiger partial charge is 0.350 e. The number of piperidine rings is 1. The summed E-state index contributed by atoms with van der Waals surface area (Å²) in [5.74, 6) is 1.15. The summed E-state index contributed by atoms with van der Waals surface area (Å²) in [6.07, 6.45) is 2.08. The second-order valence-corrected chi connectivity index (χ2v) is 9.17. The number of carbonyl (C=O) groups excluding carboxylic acids is 2. The highest BCUT2D eigenvalue weighted by molar-refractivity contribution is 7.99. The van der Waals surface area contributed by atoms with E-state index in [9.17, 15) is 9.59 Å². The summed E-state index contributed by atoms with van der Waals surface area (Å²) in [6, 6.07) is 7.58. The van der Waals surface area contributed by atoms with Gasteiger partial charge in [0.1, 0.15) is 6.04 Å². The van der Waals surface area contributed by atoms with Crippen LogP contribution in [0.25, 0.3) is 0 Å². The second-order valence-electron chi connectivity index (χ2n) is 8.17. The molecule has 2 aliphatic heterocycles. The zero-order chi connectivity index (χ0) is 18.7. The van der Waals surface area contributed by atoms with Crippen molar-refractivity contribution in [2.75, 3.05) is 24.7 Å². The fourth-order valence-electron chi connectivity index (χ4n) is 3.41. The summed E-state index contributed by atoms with van der Waals surface area (Å²) in [5, 5.41) is 6.42. The quantitative estimate of drug-likeness (QED) is 0.851. The maximum Gasteiger partial charge on any atom is 0.255 e. The Morgan fingerprint density at radius 3 is 2.58 bits per heavy atom. The number of benzene rings is 1. The van der Waals surface area contributed by atoms with Crippen molar-refractivity contribution in [1.82, 2.24) is 15.5 Å². The lowest BCUT2D eigenvalue weighted by Gasteiger charge is -2.28. The maximum atomic E-state index is 12.9. The predicted octanol–water partition coefficient (Wildman–Crippen LogP) is 2.37. The Morgan fingerprint density at radius 2 is 1.96 bits per heavy atom. The molecule has 1 aromatic carbocycles. The number of hydrogen-bond acceptors (Lipinski definition) is 4. The summed E-state index contributed by atoms with van der Waals surface area (Å²) in [5.41, 5.74) is 1.91. The van der Waals surface area contributed by atoms with Crippen LogP contribution in [0.15, 0.2) is 24.3 Å². The molecule has 2 fully saturated rings. The Kier molecular flexibility index (Phi) is 5.92. The van der Waals surface area contributed by atoms with Gasteiger partial charge in [-0.15, -0.1) is 11.8 Å². The highest BCUT2D eigenvalue weighted by Crippen LogP contribution is 2.26. The van der Waals surface area contributed by atoms with E-state index in [1.54, 1.807) is 16.7 Å². The summed E-state index contributed by atoms with van der Waals surface area (Å²) in [4.78, 5) is 27.3. The fraction of sp³-hybridized carbons (Fsp3) is 0.600. The molecule has 0 saturated carbocycles. The van der Waals surface area contributed by atoms with Gasteiger partial charge in [0.05, 0.1) is 5.88 Å². The van der Waals surface area contributed by atoms with Gasteiger partial charge >= 0.3 is 0 Å². The molecule has 1 aromatic rings. The third-order valence-corrected chi connectivity index (χ3v) is 6.10. The Morgan fingerprint density at radius 1 is 1.23 bits per heavy atom. The van der Waals surface area contributed by atoms with E-state index in [0.717, 1.165) is 25.9 Å². The fourth-order valence-corrected chi connectivity index (χ4v) is 4.56. The average Bonchev–Trinajstić information content (AvgIpc) is 3.11. The Labute approximate surface area is 160 Å². The van der Waals surface area contributed by atoms with Crippen molar-refractivity contribution >= 4 is 23.6 Å². The molecule has 0 aromatic heterocycles. The topological polar surface area (TPSA) is 61.4 Å². The summed E-state index contributed by atoms with van der Waals surface area (Å²) in [7, 11) is 0. The van der Waals surface area contributed by atoms with Gasteiger partial charge in [-0.05, 0) is 42.5 Å². The van der Waals surface area contributed by atoms with Gasteiger partial charge < -0.3 is 15.5 Å². The van der Waals surface area contributed by atoms with Crippen molar-refractivity contribution in [2.24, 2.45) is 0 Å². The molecule has 2 N–H and O–H groups in total. The van der Waals surface area contributed by atoms with Gasteiger partial charge in [0.25, 0.3) is 5.91 Å². The van der Waals surface area contributed by atoms with E-state index in [1.165, 1.54) is 5.56 Å². The highest BCUT2D eigenvalue weighted by Gasteiger charge is 2.36. The van der Waals surface area contributed by atoms with Crippen LogP contribution < -0.4 is 10.6 Å². The molecular formula is C20H29N3O2S. The Bertz CT molecular complexity index is 648. The first-order valence-corrected chi connectivity index (χ1v) is 10.5. The minimum Gasteiger partial charge on any atom is -0.350 e. The van der Waals surface area contributed by atoms with Crippen molar-refractivity contribution in [1.29, 1.82) is 0 Å². The number of carbonyl (C=O) groups is 2. The van der Waals surface area contributed by atoms with Gasteiger partial charge in [-0.2, -0.15) is 0 Å². The average molecular weight is 376 g/mol. The highest BCUT2D eigenvalue weighted by atomic mass is 32.2. The second kappa shape index (κ2) is 8.01. The van der Waals surface area contributed by atoms with Crippen LogP contribution in [0, 0.1) is 0 Å². The van der Waals surface area contributed by atoms with Crippen LogP contribution in [0.1, 0.15) is 49.5 Å². The number of thioether (sulfide) groups is 1. The van der Waals surface area contributed by atoms with Crippen LogP contribution in [-0.2, 0) is 10.2 Å². The number of hydrogen-bond donors (Lipinski definition) is 2. The molecule has 0 bridgehead atoms. The van der Waals surface area contributed by atoms with Crippen molar-refractivity contribution in [3.63, 3.8) is 0 Å². The lowest BCUT2D eigenvalue weighted by atomic mass is 9.86. The molecule has 5 nitrogen and oxygen atoms in total. The number of nitrogens with zero attached hydrogens (tertiary/aromatic N) is 1. The minimum atomic E-state index is -0.378. The van der Waals surface area contributed by atoms with Crippen LogP contribution in [0.4, 0.5) is 0 Å². The summed E-state index contributed by atoms with van der Waals surface area (Å²) >= 11 is 1.64. The van der Waals surface area contributed by atoms with Gasteiger partial charge in [-0.3, -0.25) is 9.59 Å². The van der Waals surface area contributed by atoms with E-state index in [-0.39, 0.29) is 29.3 Å². The lowest BCUT2D eigenvalue weighted by molar-refractivity contribution is -0.125. The van der Waals surface area contributed by atoms with E-state index in [4.69, 9.17) is 0 Å². The van der Waals surface area contributed by atoms with Crippen LogP contribution in [0.3, 0.4) is 0 Å². The van der Waals surface area contributed by atoms with Gasteiger partial charge in [-0.1, -0.05) is 32.9 Å². The van der Waals surface area contributed by atoms with Gasteiger partial charge in [0.2, 0.25) is 5.91 Å². The molecule has 0 radical (unpaired) electrons. The van der Waals surface area contributed by atoms with Gasteiger partial charge in [0, 0.05) is 23.9 Å². The van der Waals surface area contributed by atoms with Crippen molar-refractivity contribution in [2.45, 2.75) is 51.1 Å². The number of nitrogens with one attached hydrogen (secondary N) is 2. The van der Waals surface area contributed by atoms with Crippen LogP contribution in [0.2, 0.25) is 0 Å². The molecule has 6 heteroatoms. The first-order valence-electron chi connectivity index (χ1n) is 9.36. The standard InChI is InChI=1S/C20H29N3O2S/c1-20(2,3)15-8-6-14(7-9-15)19(25)23-13-26-12-17(23)18(24)22-16-5-4-10-21-11-16/h6-9,16-17,21H,4-5,10-13H2,1-3H3,(H,22,24)/t16-,17?/m0/s1. The van der Waals surface area contributed by atoms with Gasteiger partial charge in [0.15, 0.2) is 0 Å². The molecule has 26 heavy (non-hydrogen) atoms. The zero-order valence-electron chi connectivity index (χ0n) is 15.9. The molecule has 0 spiro atoms. The van der Waals surface area contributed by atoms with Gasteiger partial charge in [-0.25, -0.2) is 0 Å². The molecule has 1 unspecified atom stereocenters.